The van der Waals surface area contributed by atoms with Gasteiger partial charge in [-0.05, 0) is 30.5 Å². The molecule has 0 aliphatic carbocycles. The number of piperazine rings is 1. The van der Waals surface area contributed by atoms with Gasteiger partial charge in [0.2, 0.25) is 0 Å². The fourth-order valence-corrected chi connectivity index (χ4v) is 4.32. The van der Waals surface area contributed by atoms with Crippen LogP contribution in [0.25, 0.3) is 10.6 Å². The maximum Gasteiger partial charge on any atom is 0.258 e. The number of aromatic nitrogens is 2. The summed E-state index contributed by atoms with van der Waals surface area (Å²) in [6.45, 7) is 4.28. The van der Waals surface area contributed by atoms with Crippen molar-refractivity contribution in [1.82, 2.24) is 15.1 Å². The lowest BCUT2D eigenvalue weighted by atomic mass is 10.1. The van der Waals surface area contributed by atoms with E-state index in [9.17, 15) is 4.79 Å². The number of para-hydroxylation sites is 2. The Bertz CT molecular complexity index is 922. The molecule has 7 heteroatoms. The summed E-state index contributed by atoms with van der Waals surface area (Å²) in [5.74, 6) is 0.888. The molecule has 0 unspecified atom stereocenters. The first-order chi connectivity index (χ1) is 13.2. The highest BCUT2D eigenvalue weighted by Gasteiger charge is 2.31. The number of nitrogens with zero attached hydrogens (tertiary/aromatic N) is 3. The first kappa shape index (κ1) is 17.6. The highest BCUT2D eigenvalue weighted by molar-refractivity contribution is 7.13. The number of hydrogen-bond donors (Lipinski definition) is 1. The Morgan fingerprint density at radius 2 is 2.11 bits per heavy atom. The fraction of sp³-hybridized carbons (Fsp3) is 0.300. The van der Waals surface area contributed by atoms with Crippen molar-refractivity contribution in [3.05, 3.63) is 53.5 Å². The number of anilines is 1. The predicted octanol–water partition coefficient (Wildman–Crippen LogP) is 3.50. The molecule has 27 heavy (non-hydrogen) atoms. The Kier molecular flexibility index (Phi) is 4.85. The summed E-state index contributed by atoms with van der Waals surface area (Å²) in [5.41, 5.74) is 2.51. The zero-order valence-electron chi connectivity index (χ0n) is 15.4. The molecule has 140 valence electrons. The van der Waals surface area contributed by atoms with Gasteiger partial charge in [-0.25, -0.2) is 0 Å². The monoisotopic (exact) mass is 382 g/mol. The number of aromatic amines is 1. The van der Waals surface area contributed by atoms with Crippen molar-refractivity contribution in [2.45, 2.75) is 13.0 Å². The molecule has 3 aromatic rings. The molecule has 0 spiro atoms. The van der Waals surface area contributed by atoms with E-state index < -0.39 is 0 Å². The minimum Gasteiger partial charge on any atom is -0.495 e. The Morgan fingerprint density at radius 1 is 1.26 bits per heavy atom. The molecule has 1 aromatic carbocycles. The zero-order valence-corrected chi connectivity index (χ0v) is 16.2. The van der Waals surface area contributed by atoms with Gasteiger partial charge < -0.3 is 14.5 Å². The Balaban J connectivity index is 1.53. The van der Waals surface area contributed by atoms with Crippen LogP contribution < -0.4 is 9.64 Å². The number of carbonyl (C=O) groups is 1. The third kappa shape index (κ3) is 3.30. The molecule has 1 N–H and O–H groups in total. The van der Waals surface area contributed by atoms with Crippen LogP contribution >= 0.6 is 11.3 Å². The van der Waals surface area contributed by atoms with Crippen molar-refractivity contribution in [2.24, 2.45) is 0 Å². The second-order valence-electron chi connectivity index (χ2n) is 6.60. The van der Waals surface area contributed by atoms with E-state index in [0.29, 0.717) is 12.1 Å². The number of thiophene rings is 1. The highest BCUT2D eigenvalue weighted by atomic mass is 32.1. The molecule has 3 heterocycles. The number of rotatable bonds is 4. The van der Waals surface area contributed by atoms with Crippen LogP contribution in [0.2, 0.25) is 0 Å². The number of benzene rings is 1. The lowest BCUT2D eigenvalue weighted by Crippen LogP contribution is -2.54. The first-order valence-electron chi connectivity index (χ1n) is 8.95. The molecule has 0 saturated carbocycles. The summed E-state index contributed by atoms with van der Waals surface area (Å²) >= 11 is 1.60. The van der Waals surface area contributed by atoms with Gasteiger partial charge in [0.25, 0.3) is 5.91 Å². The lowest BCUT2D eigenvalue weighted by Gasteiger charge is -2.41. The smallest absolute Gasteiger partial charge is 0.258 e. The van der Waals surface area contributed by atoms with E-state index in [1.54, 1.807) is 24.6 Å². The summed E-state index contributed by atoms with van der Waals surface area (Å²) in [6, 6.07) is 12.1. The van der Waals surface area contributed by atoms with Crippen molar-refractivity contribution in [3.8, 4) is 16.3 Å². The summed E-state index contributed by atoms with van der Waals surface area (Å²) in [5, 5.41) is 9.09. The SMILES string of the molecule is COc1ccccc1N1CCN(C(=O)c2cn[nH]c2-c2cccs2)[C@H](C)C1. The quantitative estimate of drug-likeness (QED) is 0.750. The fourth-order valence-electron chi connectivity index (χ4n) is 3.58. The largest absolute Gasteiger partial charge is 0.495 e. The number of nitrogens with one attached hydrogen (secondary N) is 1. The Morgan fingerprint density at radius 3 is 2.85 bits per heavy atom. The van der Waals surface area contributed by atoms with E-state index in [2.05, 4.69) is 28.1 Å². The molecule has 1 fully saturated rings. The summed E-state index contributed by atoms with van der Waals surface area (Å²) in [6.07, 6.45) is 1.64. The van der Waals surface area contributed by atoms with E-state index in [1.165, 1.54) is 0 Å². The van der Waals surface area contributed by atoms with Crippen molar-refractivity contribution in [1.29, 1.82) is 0 Å². The molecule has 1 atom stereocenters. The summed E-state index contributed by atoms with van der Waals surface area (Å²) in [7, 11) is 1.69. The number of H-pyrrole nitrogens is 1. The van der Waals surface area contributed by atoms with E-state index >= 15 is 0 Å². The maximum atomic E-state index is 13.2. The third-order valence-corrected chi connectivity index (χ3v) is 5.84. The second kappa shape index (κ2) is 7.44. The van der Waals surface area contributed by atoms with Gasteiger partial charge in [0, 0.05) is 25.7 Å². The molecule has 0 radical (unpaired) electrons. The van der Waals surface area contributed by atoms with Gasteiger partial charge in [0.15, 0.2) is 0 Å². The number of ether oxygens (including phenoxy) is 1. The van der Waals surface area contributed by atoms with Gasteiger partial charge in [-0.15, -0.1) is 11.3 Å². The number of carbonyl (C=O) groups excluding carboxylic acids is 1. The van der Waals surface area contributed by atoms with Crippen LogP contribution in [0.1, 0.15) is 17.3 Å². The van der Waals surface area contributed by atoms with Gasteiger partial charge in [-0.2, -0.15) is 5.10 Å². The van der Waals surface area contributed by atoms with E-state index in [-0.39, 0.29) is 11.9 Å². The number of methoxy groups -OCH3 is 1. The first-order valence-corrected chi connectivity index (χ1v) is 9.83. The zero-order chi connectivity index (χ0) is 18.8. The van der Waals surface area contributed by atoms with E-state index in [0.717, 1.165) is 35.1 Å². The molecule has 4 rings (SSSR count). The highest BCUT2D eigenvalue weighted by Crippen LogP contribution is 2.31. The van der Waals surface area contributed by atoms with E-state index in [1.807, 2.05) is 40.6 Å². The molecule has 1 saturated heterocycles. The van der Waals surface area contributed by atoms with Crippen LogP contribution in [0, 0.1) is 0 Å². The van der Waals surface area contributed by atoms with Crippen molar-refractivity contribution in [2.75, 3.05) is 31.6 Å². The third-order valence-electron chi connectivity index (χ3n) is 4.95. The molecule has 2 aromatic heterocycles. The van der Waals surface area contributed by atoms with Gasteiger partial charge >= 0.3 is 0 Å². The maximum absolute atomic E-state index is 13.2. The van der Waals surface area contributed by atoms with Crippen LogP contribution in [0.15, 0.2) is 48.0 Å². The molecular weight excluding hydrogens is 360 g/mol. The van der Waals surface area contributed by atoms with Crippen LogP contribution in [-0.2, 0) is 0 Å². The molecule has 6 nitrogen and oxygen atoms in total. The normalized spacial score (nSPS) is 17.2. The molecular formula is C20H22N4O2S. The molecule has 1 amide bonds. The molecule has 1 aliphatic heterocycles. The number of hydrogen-bond acceptors (Lipinski definition) is 5. The Labute approximate surface area is 162 Å². The van der Waals surface area contributed by atoms with Crippen LogP contribution in [0.3, 0.4) is 0 Å². The van der Waals surface area contributed by atoms with Gasteiger partial charge in [-0.1, -0.05) is 18.2 Å². The average molecular weight is 382 g/mol. The average Bonchev–Trinajstić information content (AvgIpc) is 3.38. The summed E-state index contributed by atoms with van der Waals surface area (Å²) < 4.78 is 5.49. The van der Waals surface area contributed by atoms with Crippen molar-refractivity contribution in [3.63, 3.8) is 0 Å². The topological polar surface area (TPSA) is 61.5 Å². The van der Waals surface area contributed by atoms with Crippen LogP contribution in [0.5, 0.6) is 5.75 Å². The van der Waals surface area contributed by atoms with Crippen molar-refractivity contribution >= 4 is 22.9 Å². The van der Waals surface area contributed by atoms with Gasteiger partial charge in [0.1, 0.15) is 5.75 Å². The van der Waals surface area contributed by atoms with Crippen LogP contribution in [-0.4, -0.2) is 53.8 Å². The Hall–Kier alpha value is -2.80. The van der Waals surface area contributed by atoms with Gasteiger partial charge in [-0.3, -0.25) is 9.89 Å². The minimum atomic E-state index is 0.0272. The summed E-state index contributed by atoms with van der Waals surface area (Å²) in [4.78, 5) is 18.4. The van der Waals surface area contributed by atoms with E-state index in [4.69, 9.17) is 4.74 Å². The molecule has 0 bridgehead atoms. The predicted molar refractivity (Wildman–Crippen MR) is 108 cm³/mol. The molecule has 1 aliphatic rings. The number of amides is 1. The second-order valence-corrected chi connectivity index (χ2v) is 7.55. The van der Waals surface area contributed by atoms with Gasteiger partial charge in [0.05, 0.1) is 35.1 Å². The standard InChI is InChI=1S/C20H22N4O2S/c1-14-13-23(16-6-3-4-7-17(16)26-2)9-10-24(14)20(25)15-12-21-22-19(15)18-8-5-11-27-18/h3-8,11-12,14H,9-10,13H2,1-2H3,(H,21,22)/t14-/m1/s1. The van der Waals surface area contributed by atoms with Crippen molar-refractivity contribution < 1.29 is 9.53 Å². The van der Waals surface area contributed by atoms with Crippen LogP contribution in [0.4, 0.5) is 5.69 Å². The lowest BCUT2D eigenvalue weighted by molar-refractivity contribution is 0.0675. The minimum absolute atomic E-state index is 0.0272.